The molecule has 146 valence electrons. The van der Waals surface area contributed by atoms with Crippen molar-refractivity contribution in [3.63, 3.8) is 0 Å². The Morgan fingerprint density at radius 3 is 2.65 bits per heavy atom. The molecule has 2 aliphatic carbocycles. The van der Waals surface area contributed by atoms with Gasteiger partial charge in [0.05, 0.1) is 12.2 Å². The summed E-state index contributed by atoms with van der Waals surface area (Å²) in [6.07, 6.45) is 7.95. The van der Waals surface area contributed by atoms with Crippen molar-refractivity contribution in [3.8, 4) is 5.75 Å². The lowest BCUT2D eigenvalue weighted by atomic mass is 9.55. The lowest BCUT2D eigenvalue weighted by Gasteiger charge is -2.49. The normalized spacial score (nSPS) is 34.3. The van der Waals surface area contributed by atoms with Gasteiger partial charge in [0.2, 0.25) is 0 Å². The van der Waals surface area contributed by atoms with Crippen LogP contribution in [-0.2, 0) is 12.8 Å². The fourth-order valence-corrected chi connectivity index (χ4v) is 5.76. The zero-order chi connectivity index (χ0) is 18.9. The van der Waals surface area contributed by atoms with Gasteiger partial charge in [0.25, 0.3) is 0 Å². The highest BCUT2D eigenvalue weighted by molar-refractivity contribution is 5.44. The summed E-state index contributed by atoms with van der Waals surface area (Å²) >= 11 is 0. The number of benzene rings is 1. The first kappa shape index (κ1) is 19.7. The highest BCUT2D eigenvalue weighted by Crippen LogP contribution is 2.63. The van der Waals surface area contributed by atoms with E-state index in [9.17, 15) is 15.3 Å². The Balaban J connectivity index is 1.74. The van der Waals surface area contributed by atoms with Crippen LogP contribution in [0.4, 0.5) is 0 Å². The number of fused-ring (bicyclic) bond motifs is 2. The first-order valence-corrected chi connectivity index (χ1v) is 10.5. The predicted molar refractivity (Wildman–Crippen MR) is 105 cm³/mol. The van der Waals surface area contributed by atoms with Crippen LogP contribution in [0.25, 0.3) is 0 Å². The van der Waals surface area contributed by atoms with E-state index < -0.39 is 0 Å². The first-order chi connectivity index (χ1) is 12.3. The van der Waals surface area contributed by atoms with Crippen LogP contribution in [0.3, 0.4) is 0 Å². The number of hydrogen-bond donors (Lipinski definition) is 3. The molecule has 0 saturated heterocycles. The van der Waals surface area contributed by atoms with Crippen LogP contribution in [0.5, 0.6) is 5.75 Å². The predicted octanol–water partition coefficient (Wildman–Crippen LogP) is 4.61. The van der Waals surface area contributed by atoms with Crippen LogP contribution in [0.1, 0.15) is 76.8 Å². The maximum atomic E-state index is 10.9. The summed E-state index contributed by atoms with van der Waals surface area (Å²) in [5, 5.41) is 31.5. The Labute approximate surface area is 158 Å². The molecule has 3 rings (SSSR count). The minimum atomic E-state index is -0.315. The van der Waals surface area contributed by atoms with Crippen molar-refractivity contribution in [1.29, 1.82) is 0 Å². The van der Waals surface area contributed by atoms with Crippen molar-refractivity contribution in [2.45, 2.75) is 90.8 Å². The van der Waals surface area contributed by atoms with Crippen LogP contribution in [0.15, 0.2) is 18.2 Å². The molecule has 1 saturated carbocycles. The molecule has 0 aliphatic heterocycles. The molecule has 1 aromatic carbocycles. The first-order valence-electron chi connectivity index (χ1n) is 10.5. The van der Waals surface area contributed by atoms with Crippen LogP contribution in [0.2, 0.25) is 0 Å². The average molecular weight is 361 g/mol. The fraction of sp³-hybridized carbons (Fsp3) is 0.739. The number of aromatic hydroxyl groups is 1. The molecular formula is C23H36O3. The summed E-state index contributed by atoms with van der Waals surface area (Å²) in [5.74, 6) is 0.610. The summed E-state index contributed by atoms with van der Waals surface area (Å²) in [5.41, 5.74) is 2.30. The van der Waals surface area contributed by atoms with Crippen molar-refractivity contribution in [2.24, 2.45) is 16.7 Å². The number of aliphatic hydroxyl groups excluding tert-OH is 2. The van der Waals surface area contributed by atoms with Gasteiger partial charge in [0.1, 0.15) is 5.75 Å². The molecule has 1 fully saturated rings. The van der Waals surface area contributed by atoms with E-state index in [1.807, 2.05) is 6.07 Å². The summed E-state index contributed by atoms with van der Waals surface area (Å²) in [7, 11) is 0. The van der Waals surface area contributed by atoms with Gasteiger partial charge in [-0.05, 0) is 72.5 Å². The van der Waals surface area contributed by atoms with Crippen LogP contribution >= 0.6 is 0 Å². The molecule has 3 nitrogen and oxygen atoms in total. The van der Waals surface area contributed by atoms with Gasteiger partial charge in [0, 0.05) is 0 Å². The zero-order valence-corrected chi connectivity index (χ0v) is 16.7. The van der Waals surface area contributed by atoms with E-state index >= 15 is 0 Å². The third-order valence-corrected chi connectivity index (χ3v) is 7.65. The standard InChI is InChI=1S/C23H36O3/c1-4-5-6-9-17(24)11-12-19-21(26)15-22(2)14-18-16(13-23(19,22)3)8-7-10-20(18)25/h7-8,10,17,19,21,24-26H,4-6,9,11-15H2,1-3H3/t17-,19-,21+,22-,23+/m0/s1. The van der Waals surface area contributed by atoms with E-state index in [2.05, 4.69) is 26.8 Å². The summed E-state index contributed by atoms with van der Waals surface area (Å²) in [4.78, 5) is 0. The molecule has 5 atom stereocenters. The molecule has 1 aromatic rings. The van der Waals surface area contributed by atoms with E-state index in [0.29, 0.717) is 5.75 Å². The summed E-state index contributed by atoms with van der Waals surface area (Å²) < 4.78 is 0. The van der Waals surface area contributed by atoms with E-state index in [0.717, 1.165) is 50.5 Å². The molecule has 2 aliphatic rings. The molecule has 0 spiro atoms. The highest BCUT2D eigenvalue weighted by atomic mass is 16.3. The van der Waals surface area contributed by atoms with Gasteiger partial charge < -0.3 is 15.3 Å². The van der Waals surface area contributed by atoms with Crippen molar-refractivity contribution in [3.05, 3.63) is 29.3 Å². The third kappa shape index (κ3) is 3.41. The fourth-order valence-electron chi connectivity index (χ4n) is 5.76. The Hall–Kier alpha value is -1.06. The zero-order valence-electron chi connectivity index (χ0n) is 16.7. The van der Waals surface area contributed by atoms with Crippen LogP contribution < -0.4 is 0 Å². The maximum Gasteiger partial charge on any atom is 0.119 e. The van der Waals surface area contributed by atoms with E-state index in [-0.39, 0.29) is 29.0 Å². The maximum absolute atomic E-state index is 10.9. The molecule has 0 amide bonds. The molecule has 0 radical (unpaired) electrons. The number of rotatable bonds is 7. The molecule has 0 heterocycles. The van der Waals surface area contributed by atoms with E-state index in [1.54, 1.807) is 6.07 Å². The van der Waals surface area contributed by atoms with Crippen LogP contribution in [-0.4, -0.2) is 27.5 Å². The minimum absolute atomic E-state index is 0.00389. The number of hydrogen-bond acceptors (Lipinski definition) is 3. The Morgan fingerprint density at radius 1 is 1.15 bits per heavy atom. The van der Waals surface area contributed by atoms with Gasteiger partial charge in [-0.25, -0.2) is 0 Å². The van der Waals surface area contributed by atoms with Gasteiger partial charge in [-0.1, -0.05) is 52.2 Å². The SMILES string of the molecule is CCCCC[C@H](O)CC[C@H]1[C@H](O)C[C@]2(C)Cc3c(O)cccc3C[C@]12C. The number of aliphatic hydroxyl groups is 2. The molecule has 3 heteroatoms. The lowest BCUT2D eigenvalue weighted by molar-refractivity contribution is 0.0236. The molecule has 0 unspecified atom stereocenters. The monoisotopic (exact) mass is 360 g/mol. The largest absolute Gasteiger partial charge is 0.508 e. The number of phenolic OH excluding ortho intramolecular Hbond substituents is 1. The van der Waals surface area contributed by atoms with E-state index in [4.69, 9.17) is 0 Å². The molecular weight excluding hydrogens is 324 g/mol. The van der Waals surface area contributed by atoms with Crippen molar-refractivity contribution < 1.29 is 15.3 Å². The van der Waals surface area contributed by atoms with Crippen LogP contribution in [0, 0.1) is 16.7 Å². The summed E-state index contributed by atoms with van der Waals surface area (Å²) in [6.45, 7) is 6.79. The Kier molecular flexibility index (Phi) is 5.69. The van der Waals surface area contributed by atoms with Gasteiger partial charge in [-0.15, -0.1) is 0 Å². The second kappa shape index (κ2) is 7.52. The molecule has 26 heavy (non-hydrogen) atoms. The minimum Gasteiger partial charge on any atom is -0.508 e. The summed E-state index contributed by atoms with van der Waals surface area (Å²) in [6, 6.07) is 5.83. The molecule has 0 aromatic heterocycles. The van der Waals surface area contributed by atoms with Crippen molar-refractivity contribution in [2.75, 3.05) is 0 Å². The highest BCUT2D eigenvalue weighted by Gasteiger charge is 2.59. The number of unbranched alkanes of at least 4 members (excludes halogenated alkanes) is 2. The quantitative estimate of drug-likeness (QED) is 0.623. The second-order valence-corrected chi connectivity index (χ2v) is 9.35. The smallest absolute Gasteiger partial charge is 0.119 e. The lowest BCUT2D eigenvalue weighted by Crippen LogP contribution is -2.44. The van der Waals surface area contributed by atoms with Crippen molar-refractivity contribution >= 4 is 0 Å². The topological polar surface area (TPSA) is 60.7 Å². The van der Waals surface area contributed by atoms with Crippen molar-refractivity contribution in [1.82, 2.24) is 0 Å². The van der Waals surface area contributed by atoms with Gasteiger partial charge in [-0.2, -0.15) is 0 Å². The van der Waals surface area contributed by atoms with Gasteiger partial charge in [-0.3, -0.25) is 0 Å². The average Bonchev–Trinajstić information content (AvgIpc) is 2.76. The molecule has 3 N–H and O–H groups in total. The second-order valence-electron chi connectivity index (χ2n) is 9.35. The van der Waals surface area contributed by atoms with Gasteiger partial charge >= 0.3 is 0 Å². The Morgan fingerprint density at radius 2 is 1.92 bits per heavy atom. The van der Waals surface area contributed by atoms with E-state index in [1.165, 1.54) is 18.4 Å². The van der Waals surface area contributed by atoms with Gasteiger partial charge in [0.15, 0.2) is 0 Å². The number of phenols is 1. The third-order valence-electron chi connectivity index (χ3n) is 7.65. The Bertz CT molecular complexity index is 628. The molecule has 0 bridgehead atoms.